The van der Waals surface area contributed by atoms with Crippen molar-refractivity contribution in [3.05, 3.63) is 52.9 Å². The van der Waals surface area contributed by atoms with Crippen LogP contribution in [0.15, 0.2) is 47.4 Å². The number of benzene rings is 2. The molecule has 162 valence electrons. The first-order valence-corrected chi connectivity index (χ1v) is 10.7. The molecular weight excluding hydrogens is 436 g/mol. The summed E-state index contributed by atoms with van der Waals surface area (Å²) < 4.78 is 16.4. The first-order valence-electron chi connectivity index (χ1n) is 9.46. The van der Waals surface area contributed by atoms with Crippen molar-refractivity contribution in [3.63, 3.8) is 0 Å². The molecule has 0 aromatic heterocycles. The summed E-state index contributed by atoms with van der Waals surface area (Å²) >= 11 is 6.48. The van der Waals surface area contributed by atoms with Gasteiger partial charge in [0.05, 0.1) is 31.4 Å². The molecule has 1 aliphatic rings. The van der Waals surface area contributed by atoms with E-state index in [0.29, 0.717) is 38.8 Å². The Labute approximate surface area is 190 Å². The average molecular weight is 459 g/mol. The number of carbonyl (C=O) groups is 2. The van der Waals surface area contributed by atoms with Crippen molar-refractivity contribution in [2.45, 2.75) is 6.92 Å². The Morgan fingerprint density at radius 2 is 1.87 bits per heavy atom. The normalized spacial score (nSPS) is 14.7. The number of methoxy groups -OCH3 is 2. The highest BCUT2D eigenvalue weighted by molar-refractivity contribution is 8.26. The van der Waals surface area contributed by atoms with Crippen molar-refractivity contribution < 1.29 is 23.8 Å². The van der Waals surface area contributed by atoms with Gasteiger partial charge >= 0.3 is 0 Å². The van der Waals surface area contributed by atoms with Gasteiger partial charge in [0, 0.05) is 0 Å². The molecule has 9 heteroatoms. The van der Waals surface area contributed by atoms with Crippen LogP contribution < -0.4 is 19.5 Å². The van der Waals surface area contributed by atoms with E-state index in [2.05, 4.69) is 5.32 Å². The van der Waals surface area contributed by atoms with Gasteiger partial charge in [-0.3, -0.25) is 14.5 Å². The number of nitrogens with zero attached hydrogens (tertiary/aromatic N) is 1. The fourth-order valence-electron chi connectivity index (χ4n) is 2.91. The third-order valence-electron chi connectivity index (χ3n) is 4.34. The quantitative estimate of drug-likeness (QED) is 0.474. The molecule has 2 aromatic carbocycles. The summed E-state index contributed by atoms with van der Waals surface area (Å²) in [6.07, 6.45) is 1.71. The molecule has 1 aliphatic heterocycles. The lowest BCUT2D eigenvalue weighted by atomic mass is 10.2. The van der Waals surface area contributed by atoms with E-state index in [1.807, 2.05) is 19.1 Å². The number of amides is 2. The van der Waals surface area contributed by atoms with Crippen molar-refractivity contribution in [2.75, 3.05) is 32.7 Å². The van der Waals surface area contributed by atoms with Gasteiger partial charge in [-0.25, -0.2) is 0 Å². The standard InChI is InChI=1S/C22H22N2O5S2/c1-4-29-16-8-6-5-7-15(16)23-20(25)13-24-21(26)19(31-22(24)30)12-14-9-10-17(27-2)18(11-14)28-3/h5-12H,4,13H2,1-3H3,(H,23,25). The van der Waals surface area contributed by atoms with E-state index in [-0.39, 0.29) is 18.4 Å². The van der Waals surface area contributed by atoms with E-state index < -0.39 is 0 Å². The van der Waals surface area contributed by atoms with Crippen molar-refractivity contribution in [1.82, 2.24) is 4.90 Å². The number of rotatable bonds is 8. The van der Waals surface area contributed by atoms with Crippen LogP contribution in [0.5, 0.6) is 17.2 Å². The molecule has 1 N–H and O–H groups in total. The van der Waals surface area contributed by atoms with Gasteiger partial charge < -0.3 is 19.5 Å². The third-order valence-corrected chi connectivity index (χ3v) is 5.72. The summed E-state index contributed by atoms with van der Waals surface area (Å²) in [6.45, 7) is 2.15. The largest absolute Gasteiger partial charge is 0.493 e. The summed E-state index contributed by atoms with van der Waals surface area (Å²) in [5, 5.41) is 2.78. The van der Waals surface area contributed by atoms with Crippen LogP contribution in [0.4, 0.5) is 5.69 Å². The molecule has 3 rings (SSSR count). The molecule has 0 atom stereocenters. The SMILES string of the molecule is CCOc1ccccc1NC(=O)CN1C(=O)C(=Cc2ccc(OC)c(OC)c2)SC1=S. The first kappa shape index (κ1) is 22.6. The van der Waals surface area contributed by atoms with Gasteiger partial charge in [-0.15, -0.1) is 0 Å². The summed E-state index contributed by atoms with van der Waals surface area (Å²) in [4.78, 5) is 27.1. The lowest BCUT2D eigenvalue weighted by Crippen LogP contribution is -2.36. The van der Waals surface area contributed by atoms with Crippen molar-refractivity contribution in [2.24, 2.45) is 0 Å². The zero-order valence-corrected chi connectivity index (χ0v) is 19.0. The topological polar surface area (TPSA) is 77.1 Å². The minimum atomic E-state index is -0.365. The molecule has 1 fully saturated rings. The molecule has 0 saturated carbocycles. The number of para-hydroxylation sites is 2. The molecule has 31 heavy (non-hydrogen) atoms. The van der Waals surface area contributed by atoms with Crippen molar-refractivity contribution in [3.8, 4) is 17.2 Å². The maximum absolute atomic E-state index is 12.8. The second-order valence-corrected chi connectivity index (χ2v) is 8.04. The number of nitrogens with one attached hydrogen (secondary N) is 1. The van der Waals surface area contributed by atoms with E-state index in [9.17, 15) is 9.59 Å². The lowest BCUT2D eigenvalue weighted by Gasteiger charge is -2.15. The number of hydrogen-bond donors (Lipinski definition) is 1. The number of ether oxygens (including phenoxy) is 3. The van der Waals surface area contributed by atoms with Crippen LogP contribution >= 0.6 is 24.0 Å². The van der Waals surface area contributed by atoms with Gasteiger partial charge in [0.25, 0.3) is 5.91 Å². The molecule has 2 amide bonds. The van der Waals surface area contributed by atoms with Crippen LogP contribution in [0.2, 0.25) is 0 Å². The predicted octanol–water partition coefficient (Wildman–Crippen LogP) is 3.94. The van der Waals surface area contributed by atoms with Gasteiger partial charge in [0.1, 0.15) is 16.6 Å². The van der Waals surface area contributed by atoms with Crippen LogP contribution in [0, 0.1) is 0 Å². The van der Waals surface area contributed by atoms with Crippen LogP contribution in [0.3, 0.4) is 0 Å². The molecule has 0 aliphatic carbocycles. The van der Waals surface area contributed by atoms with Gasteiger partial charge in [-0.2, -0.15) is 0 Å². The molecule has 0 bridgehead atoms. The van der Waals surface area contributed by atoms with Crippen molar-refractivity contribution >= 4 is 51.9 Å². The Hall–Kier alpha value is -3.04. The van der Waals surface area contributed by atoms with Crippen LogP contribution in [-0.2, 0) is 9.59 Å². The summed E-state index contributed by atoms with van der Waals surface area (Å²) in [5.41, 5.74) is 1.30. The highest BCUT2D eigenvalue weighted by Gasteiger charge is 2.33. The first-order chi connectivity index (χ1) is 15.0. The Balaban J connectivity index is 1.72. The molecule has 0 unspecified atom stereocenters. The number of hydrogen-bond acceptors (Lipinski definition) is 7. The monoisotopic (exact) mass is 458 g/mol. The fraction of sp³-hybridized carbons (Fsp3) is 0.227. The highest BCUT2D eigenvalue weighted by Crippen LogP contribution is 2.34. The Bertz CT molecular complexity index is 1040. The smallest absolute Gasteiger partial charge is 0.266 e. The van der Waals surface area contributed by atoms with E-state index in [1.165, 1.54) is 4.90 Å². The number of thiocarbonyl (C=S) groups is 1. The van der Waals surface area contributed by atoms with Gasteiger partial charge in [-0.05, 0) is 42.8 Å². The van der Waals surface area contributed by atoms with E-state index in [4.69, 9.17) is 26.4 Å². The minimum absolute atomic E-state index is 0.186. The second kappa shape index (κ2) is 10.3. The molecule has 0 radical (unpaired) electrons. The maximum atomic E-state index is 12.8. The summed E-state index contributed by atoms with van der Waals surface area (Å²) in [5.74, 6) is 1.03. The van der Waals surface area contributed by atoms with Crippen LogP contribution in [0.25, 0.3) is 6.08 Å². The third kappa shape index (κ3) is 5.36. The molecule has 2 aromatic rings. The molecule has 1 saturated heterocycles. The maximum Gasteiger partial charge on any atom is 0.266 e. The van der Waals surface area contributed by atoms with E-state index in [0.717, 1.165) is 17.3 Å². The average Bonchev–Trinajstić information content (AvgIpc) is 3.02. The predicted molar refractivity (Wildman–Crippen MR) is 126 cm³/mol. The second-order valence-electron chi connectivity index (χ2n) is 6.36. The van der Waals surface area contributed by atoms with Gasteiger partial charge in [-0.1, -0.05) is 42.2 Å². The molecule has 0 spiro atoms. The van der Waals surface area contributed by atoms with E-state index >= 15 is 0 Å². The number of anilines is 1. The Kier molecular flexibility index (Phi) is 7.54. The summed E-state index contributed by atoms with van der Waals surface area (Å²) in [7, 11) is 3.10. The highest BCUT2D eigenvalue weighted by atomic mass is 32.2. The molecular formula is C22H22N2O5S2. The molecule has 1 heterocycles. The fourth-order valence-corrected chi connectivity index (χ4v) is 4.17. The number of carbonyl (C=O) groups excluding carboxylic acids is 2. The summed E-state index contributed by atoms with van der Waals surface area (Å²) in [6, 6.07) is 12.5. The van der Waals surface area contributed by atoms with Crippen LogP contribution in [-0.4, -0.2) is 48.4 Å². The van der Waals surface area contributed by atoms with Gasteiger partial charge in [0.2, 0.25) is 5.91 Å². The zero-order chi connectivity index (χ0) is 22.4. The van der Waals surface area contributed by atoms with Crippen LogP contribution in [0.1, 0.15) is 12.5 Å². The molecule has 7 nitrogen and oxygen atoms in total. The van der Waals surface area contributed by atoms with E-state index in [1.54, 1.807) is 50.6 Å². The Morgan fingerprint density at radius 3 is 2.58 bits per heavy atom. The van der Waals surface area contributed by atoms with Gasteiger partial charge in [0.15, 0.2) is 11.5 Å². The van der Waals surface area contributed by atoms with Crippen molar-refractivity contribution in [1.29, 1.82) is 0 Å². The Morgan fingerprint density at radius 1 is 1.13 bits per heavy atom. The zero-order valence-electron chi connectivity index (χ0n) is 17.3. The number of thioether (sulfide) groups is 1. The lowest BCUT2D eigenvalue weighted by molar-refractivity contribution is -0.126. The minimum Gasteiger partial charge on any atom is -0.493 e.